The Hall–Kier alpha value is -2.96. The summed E-state index contributed by atoms with van der Waals surface area (Å²) in [6.45, 7) is 3.80. The molecule has 0 bridgehead atoms. The lowest BCUT2D eigenvalue weighted by atomic mass is 10.1. The van der Waals surface area contributed by atoms with Gasteiger partial charge in [-0.2, -0.15) is 4.98 Å². The van der Waals surface area contributed by atoms with Crippen molar-refractivity contribution in [3.63, 3.8) is 0 Å². The molecule has 1 fully saturated rings. The highest BCUT2D eigenvalue weighted by molar-refractivity contribution is 6.09. The van der Waals surface area contributed by atoms with Crippen molar-refractivity contribution in [2.45, 2.75) is 45.1 Å². The number of furan rings is 1. The summed E-state index contributed by atoms with van der Waals surface area (Å²) >= 11 is 0. The van der Waals surface area contributed by atoms with Crippen molar-refractivity contribution < 1.29 is 13.6 Å². The van der Waals surface area contributed by atoms with E-state index in [0.29, 0.717) is 46.9 Å². The predicted molar refractivity (Wildman–Crippen MR) is 100 cm³/mol. The first kappa shape index (κ1) is 17.5. The van der Waals surface area contributed by atoms with Crippen LogP contribution >= 0.6 is 0 Å². The average Bonchev–Trinajstić information content (AvgIpc) is 3.22. The van der Waals surface area contributed by atoms with Gasteiger partial charge in [-0.25, -0.2) is 9.37 Å². The maximum Gasteiger partial charge on any atom is 0.253 e. The van der Waals surface area contributed by atoms with Crippen LogP contribution < -0.4 is 11.1 Å². The van der Waals surface area contributed by atoms with Crippen LogP contribution in [0.2, 0.25) is 0 Å². The zero-order valence-corrected chi connectivity index (χ0v) is 15.3. The number of anilines is 1. The lowest BCUT2D eigenvalue weighted by Crippen LogP contribution is -2.19. The number of nitrogens with zero attached hydrogens (tertiary/aromatic N) is 2. The first-order chi connectivity index (χ1) is 12.8. The molecule has 0 saturated heterocycles. The van der Waals surface area contributed by atoms with E-state index in [-0.39, 0.29) is 11.4 Å². The van der Waals surface area contributed by atoms with Crippen molar-refractivity contribution in [3.8, 4) is 0 Å². The predicted octanol–water partition coefficient (Wildman–Crippen LogP) is 3.52. The largest absolute Gasteiger partial charge is 0.442 e. The average molecular weight is 368 g/mol. The number of amides is 1. The molecule has 27 heavy (non-hydrogen) atoms. The summed E-state index contributed by atoms with van der Waals surface area (Å²) < 4.78 is 18.8. The van der Waals surface area contributed by atoms with E-state index in [1.165, 1.54) is 12.1 Å². The number of halogens is 1. The second-order valence-electron chi connectivity index (χ2n) is 7.38. The standard InChI is InChI=1S/C20H21FN4O2/c1-11-15(17(22)26)16-18(25-20(2)9-10-20)23-14(24-19(16)27-11)8-5-12-3-6-13(21)7-4-12/h3-4,6-7H,5,8-10H2,1-2H3,(H2,22,26)(H,23,24,25). The zero-order valence-electron chi connectivity index (χ0n) is 15.3. The molecule has 1 saturated carbocycles. The van der Waals surface area contributed by atoms with Crippen LogP contribution in [-0.2, 0) is 12.8 Å². The summed E-state index contributed by atoms with van der Waals surface area (Å²) in [7, 11) is 0. The van der Waals surface area contributed by atoms with E-state index in [9.17, 15) is 9.18 Å². The van der Waals surface area contributed by atoms with Gasteiger partial charge >= 0.3 is 0 Å². The number of aromatic nitrogens is 2. The topological polar surface area (TPSA) is 94.0 Å². The first-order valence-electron chi connectivity index (χ1n) is 8.97. The molecule has 1 aliphatic carbocycles. The monoisotopic (exact) mass is 368 g/mol. The van der Waals surface area contributed by atoms with Crippen molar-refractivity contribution in [1.29, 1.82) is 0 Å². The Morgan fingerprint density at radius 3 is 2.59 bits per heavy atom. The van der Waals surface area contributed by atoms with Crippen LogP contribution in [0.1, 0.15) is 47.3 Å². The Morgan fingerprint density at radius 1 is 1.26 bits per heavy atom. The molecule has 0 radical (unpaired) electrons. The first-order valence-corrected chi connectivity index (χ1v) is 8.97. The van der Waals surface area contributed by atoms with Gasteiger partial charge in [0.15, 0.2) is 0 Å². The van der Waals surface area contributed by atoms with Gasteiger partial charge in [0.05, 0.1) is 10.9 Å². The number of carbonyl (C=O) groups is 1. The molecular weight excluding hydrogens is 347 g/mol. The van der Waals surface area contributed by atoms with Crippen LogP contribution in [0, 0.1) is 12.7 Å². The van der Waals surface area contributed by atoms with Gasteiger partial charge in [0.1, 0.15) is 23.2 Å². The van der Waals surface area contributed by atoms with Gasteiger partial charge in [-0.3, -0.25) is 4.79 Å². The minimum absolute atomic E-state index is 0.0321. The lowest BCUT2D eigenvalue weighted by molar-refractivity contribution is 0.1000. The zero-order chi connectivity index (χ0) is 19.2. The molecule has 0 unspecified atom stereocenters. The minimum Gasteiger partial charge on any atom is -0.442 e. The molecule has 6 nitrogen and oxygen atoms in total. The van der Waals surface area contributed by atoms with Gasteiger partial charge in [0.25, 0.3) is 5.91 Å². The molecule has 140 valence electrons. The third kappa shape index (κ3) is 3.49. The lowest BCUT2D eigenvalue weighted by Gasteiger charge is -2.14. The van der Waals surface area contributed by atoms with Crippen molar-refractivity contribution >= 4 is 22.8 Å². The summed E-state index contributed by atoms with van der Waals surface area (Å²) in [5.74, 6) is 0.804. The Labute approximate surface area is 156 Å². The summed E-state index contributed by atoms with van der Waals surface area (Å²) in [6, 6.07) is 6.38. The Balaban J connectivity index is 1.71. The number of hydrogen-bond donors (Lipinski definition) is 2. The van der Waals surface area contributed by atoms with Gasteiger partial charge in [0, 0.05) is 12.0 Å². The van der Waals surface area contributed by atoms with Crippen molar-refractivity contribution in [3.05, 3.63) is 52.8 Å². The molecule has 2 heterocycles. The number of fused-ring (bicyclic) bond motifs is 1. The summed E-state index contributed by atoms with van der Waals surface area (Å²) in [5, 5.41) is 3.96. The molecule has 2 aromatic heterocycles. The summed E-state index contributed by atoms with van der Waals surface area (Å²) in [6.07, 6.45) is 3.31. The maximum atomic E-state index is 13.1. The van der Waals surface area contributed by atoms with Crippen molar-refractivity contribution in [1.82, 2.24) is 9.97 Å². The molecule has 0 aliphatic heterocycles. The van der Waals surface area contributed by atoms with E-state index < -0.39 is 5.91 Å². The second kappa shape index (κ2) is 6.33. The highest BCUT2D eigenvalue weighted by Crippen LogP contribution is 2.40. The van der Waals surface area contributed by atoms with E-state index in [1.54, 1.807) is 19.1 Å². The molecule has 1 aromatic carbocycles. The van der Waals surface area contributed by atoms with Crippen molar-refractivity contribution in [2.24, 2.45) is 5.73 Å². The third-order valence-electron chi connectivity index (χ3n) is 4.99. The van der Waals surface area contributed by atoms with Gasteiger partial charge in [-0.05, 0) is 50.8 Å². The van der Waals surface area contributed by atoms with E-state index in [0.717, 1.165) is 18.4 Å². The number of carbonyl (C=O) groups excluding carboxylic acids is 1. The molecule has 0 atom stereocenters. The van der Waals surface area contributed by atoms with Gasteiger partial charge < -0.3 is 15.5 Å². The molecule has 0 spiro atoms. The quantitative estimate of drug-likeness (QED) is 0.694. The van der Waals surface area contributed by atoms with Crippen LogP contribution in [-0.4, -0.2) is 21.4 Å². The van der Waals surface area contributed by atoms with Crippen LogP contribution in [0.25, 0.3) is 11.1 Å². The number of benzene rings is 1. The maximum absolute atomic E-state index is 13.1. The Morgan fingerprint density at radius 2 is 1.96 bits per heavy atom. The second-order valence-corrected chi connectivity index (χ2v) is 7.38. The molecule has 3 aromatic rings. The van der Waals surface area contributed by atoms with Crippen molar-refractivity contribution in [2.75, 3.05) is 5.32 Å². The van der Waals surface area contributed by atoms with Crippen LogP contribution in [0.15, 0.2) is 28.7 Å². The molecular formula is C20H21FN4O2. The summed E-state index contributed by atoms with van der Waals surface area (Å²) in [4.78, 5) is 21.0. The van der Waals surface area contributed by atoms with Gasteiger partial charge in [-0.15, -0.1) is 0 Å². The van der Waals surface area contributed by atoms with Gasteiger partial charge in [-0.1, -0.05) is 12.1 Å². The van der Waals surface area contributed by atoms with Crippen LogP contribution in [0.3, 0.4) is 0 Å². The molecule has 1 amide bonds. The van der Waals surface area contributed by atoms with E-state index in [1.807, 2.05) is 0 Å². The number of primary amides is 1. The fraction of sp³-hybridized carbons (Fsp3) is 0.350. The molecule has 1 aliphatic rings. The van der Waals surface area contributed by atoms with Gasteiger partial charge in [0.2, 0.25) is 5.71 Å². The molecule has 3 N–H and O–H groups in total. The Kier molecular flexibility index (Phi) is 4.09. The number of hydrogen-bond acceptors (Lipinski definition) is 5. The van der Waals surface area contributed by atoms with E-state index >= 15 is 0 Å². The SMILES string of the molecule is Cc1oc2nc(CCc3ccc(F)cc3)nc(NC3(C)CC3)c2c1C(N)=O. The third-order valence-corrected chi connectivity index (χ3v) is 4.99. The fourth-order valence-electron chi connectivity index (χ4n) is 3.16. The van der Waals surface area contributed by atoms with Crippen LogP contribution in [0.5, 0.6) is 0 Å². The highest BCUT2D eigenvalue weighted by Gasteiger charge is 2.38. The number of rotatable bonds is 6. The number of nitrogens with two attached hydrogens (primary N) is 1. The molecule has 4 rings (SSSR count). The Bertz CT molecular complexity index is 1020. The number of aryl methyl sites for hydroxylation is 3. The van der Waals surface area contributed by atoms with E-state index in [4.69, 9.17) is 10.2 Å². The molecule has 7 heteroatoms. The smallest absolute Gasteiger partial charge is 0.253 e. The van der Waals surface area contributed by atoms with E-state index in [2.05, 4.69) is 22.2 Å². The minimum atomic E-state index is -0.557. The van der Waals surface area contributed by atoms with Crippen LogP contribution in [0.4, 0.5) is 10.2 Å². The highest BCUT2D eigenvalue weighted by atomic mass is 19.1. The normalized spacial score (nSPS) is 15.1. The number of nitrogens with one attached hydrogen (secondary N) is 1. The fourth-order valence-corrected chi connectivity index (χ4v) is 3.16. The summed E-state index contributed by atoms with van der Waals surface area (Å²) in [5.41, 5.74) is 7.19.